The van der Waals surface area contributed by atoms with Crippen LogP contribution in [-0.2, 0) is 9.53 Å². The van der Waals surface area contributed by atoms with Crippen LogP contribution in [0.5, 0.6) is 11.5 Å². The van der Waals surface area contributed by atoms with Gasteiger partial charge >= 0.3 is 6.18 Å². The van der Waals surface area contributed by atoms with Crippen LogP contribution in [0.2, 0.25) is 0 Å². The van der Waals surface area contributed by atoms with Crippen LogP contribution < -0.4 is 19.4 Å². The highest BCUT2D eigenvalue weighted by Crippen LogP contribution is 2.36. The van der Waals surface area contributed by atoms with Gasteiger partial charge < -0.3 is 19.1 Å². The van der Waals surface area contributed by atoms with Crippen LogP contribution >= 0.6 is 0 Å². The molecule has 11 heteroatoms. The number of hydrogen-bond acceptors (Lipinski definition) is 8. The number of carbonyl (C=O) groups excluding carboxylic acids is 1. The van der Waals surface area contributed by atoms with Gasteiger partial charge in [-0.3, -0.25) is 9.80 Å². The Balaban J connectivity index is 1.41. The van der Waals surface area contributed by atoms with E-state index >= 15 is 0 Å². The molecular formula is C26H27F3N4O4. The van der Waals surface area contributed by atoms with Crippen LogP contribution in [0.25, 0.3) is 0 Å². The van der Waals surface area contributed by atoms with Gasteiger partial charge in [0.25, 0.3) is 6.47 Å². The topological polar surface area (TPSA) is 87.4 Å². The number of piperidine rings is 1. The minimum atomic E-state index is -4.58. The van der Waals surface area contributed by atoms with Crippen LogP contribution in [0.4, 0.5) is 24.5 Å². The smallest absolute Gasteiger partial charge is 0.431 e. The maximum absolute atomic E-state index is 13.4. The molecule has 0 amide bonds. The molecule has 1 fully saturated rings. The molecule has 0 radical (unpaired) electrons. The van der Waals surface area contributed by atoms with Crippen molar-refractivity contribution in [1.82, 2.24) is 0 Å². The van der Waals surface area contributed by atoms with E-state index in [-0.39, 0.29) is 19.2 Å². The second-order valence-electron chi connectivity index (χ2n) is 8.91. The number of nitriles is 1. The average molecular weight is 517 g/mol. The zero-order chi connectivity index (χ0) is 26.6. The number of anilines is 2. The Bertz CT molecular complexity index is 1170. The van der Waals surface area contributed by atoms with Crippen LogP contribution in [0.15, 0.2) is 47.6 Å². The molecule has 0 aromatic heterocycles. The minimum absolute atomic E-state index is 0.0476. The van der Waals surface area contributed by atoms with Gasteiger partial charge in [-0.05, 0) is 36.4 Å². The van der Waals surface area contributed by atoms with Gasteiger partial charge in [-0.2, -0.15) is 23.5 Å². The molecule has 2 aromatic rings. The first kappa shape index (κ1) is 26.1. The first-order chi connectivity index (χ1) is 17.7. The first-order valence-corrected chi connectivity index (χ1v) is 11.8. The number of alkyl halides is 3. The van der Waals surface area contributed by atoms with Crippen molar-refractivity contribution in [3.63, 3.8) is 0 Å². The predicted molar refractivity (Wildman–Crippen MR) is 131 cm³/mol. The molecule has 2 heterocycles. The lowest BCUT2D eigenvalue weighted by Gasteiger charge is -2.34. The van der Waals surface area contributed by atoms with E-state index in [9.17, 15) is 23.2 Å². The molecule has 196 valence electrons. The number of rotatable bonds is 8. The Labute approximate surface area is 212 Å². The highest BCUT2D eigenvalue weighted by molar-refractivity contribution is 5.95. The number of hydrazone groups is 1. The summed E-state index contributed by atoms with van der Waals surface area (Å²) in [6.07, 6.45) is -3.16. The molecule has 0 saturated carbocycles. The molecule has 0 N–H and O–H groups in total. The second-order valence-corrected chi connectivity index (χ2v) is 8.91. The van der Waals surface area contributed by atoms with Crippen molar-refractivity contribution in [3.8, 4) is 17.6 Å². The van der Waals surface area contributed by atoms with Crippen molar-refractivity contribution in [2.75, 3.05) is 36.7 Å². The lowest BCUT2D eigenvalue weighted by Crippen LogP contribution is -2.39. The summed E-state index contributed by atoms with van der Waals surface area (Å²) >= 11 is 0. The molecule has 1 saturated heterocycles. The SMILES string of the molecule is COc1ccc(C#N)c(N2CCC(Oc3ccc(N4N=C(C(F)(F)F)[C@@H](C)[C@@H]4COC=O)cc3)CC2)c1. The zero-order valence-electron chi connectivity index (χ0n) is 20.4. The van der Waals surface area contributed by atoms with Crippen molar-refractivity contribution in [3.05, 3.63) is 48.0 Å². The molecule has 8 nitrogen and oxygen atoms in total. The number of halogens is 3. The molecule has 2 aromatic carbocycles. The van der Waals surface area contributed by atoms with Crippen LogP contribution in [0.3, 0.4) is 0 Å². The molecule has 0 bridgehead atoms. The largest absolute Gasteiger partial charge is 0.497 e. The lowest BCUT2D eigenvalue weighted by molar-refractivity contribution is -0.129. The van der Waals surface area contributed by atoms with Crippen molar-refractivity contribution in [1.29, 1.82) is 5.26 Å². The molecule has 4 rings (SSSR count). The van der Waals surface area contributed by atoms with E-state index in [4.69, 9.17) is 14.2 Å². The minimum Gasteiger partial charge on any atom is -0.497 e. The van der Waals surface area contributed by atoms with E-state index in [1.165, 1.54) is 11.9 Å². The Morgan fingerprint density at radius 1 is 1.14 bits per heavy atom. The van der Waals surface area contributed by atoms with Crippen LogP contribution in [-0.4, -0.2) is 57.3 Å². The van der Waals surface area contributed by atoms with E-state index in [0.717, 1.165) is 18.5 Å². The lowest BCUT2D eigenvalue weighted by atomic mass is 9.97. The summed E-state index contributed by atoms with van der Waals surface area (Å²) in [7, 11) is 1.58. The van der Waals surface area contributed by atoms with Gasteiger partial charge in [0.05, 0.1) is 30.1 Å². The van der Waals surface area contributed by atoms with Gasteiger partial charge in [0.15, 0.2) is 0 Å². The Morgan fingerprint density at radius 3 is 2.41 bits per heavy atom. The average Bonchev–Trinajstić information content (AvgIpc) is 3.24. The van der Waals surface area contributed by atoms with Gasteiger partial charge in [0.2, 0.25) is 0 Å². The summed E-state index contributed by atoms with van der Waals surface area (Å²) in [5.74, 6) is 0.313. The van der Waals surface area contributed by atoms with Gasteiger partial charge in [-0.15, -0.1) is 0 Å². The van der Waals surface area contributed by atoms with Crippen molar-refractivity contribution >= 4 is 23.6 Å². The monoisotopic (exact) mass is 516 g/mol. The van der Waals surface area contributed by atoms with Crippen molar-refractivity contribution in [2.45, 2.75) is 38.1 Å². The summed E-state index contributed by atoms with van der Waals surface area (Å²) in [6, 6.07) is 13.5. The third-order valence-electron chi connectivity index (χ3n) is 6.68. The third-order valence-corrected chi connectivity index (χ3v) is 6.68. The Hall–Kier alpha value is -3.94. The highest BCUT2D eigenvalue weighted by Gasteiger charge is 2.48. The standard InChI is InChI=1S/C26H27F3N4O4/c1-17-24(15-36-16-34)33(31-25(17)26(27,28)29)19-4-7-20(8-5-19)37-21-9-11-32(12-10-21)23-13-22(35-2)6-3-18(23)14-30/h3-8,13,16-17,21,24H,9-12,15H2,1-2H3/t17-,24-/m0/s1. The number of benzene rings is 2. The quantitative estimate of drug-likeness (QED) is 0.477. The summed E-state index contributed by atoms with van der Waals surface area (Å²) < 4.78 is 56.5. The third kappa shape index (κ3) is 5.74. The molecule has 0 spiro atoms. The van der Waals surface area contributed by atoms with Gasteiger partial charge in [-0.25, -0.2) is 0 Å². The summed E-state index contributed by atoms with van der Waals surface area (Å²) in [6.45, 7) is 2.81. The van der Waals surface area contributed by atoms with Gasteiger partial charge in [0.1, 0.15) is 36.0 Å². The van der Waals surface area contributed by atoms with E-state index in [1.807, 2.05) is 6.07 Å². The molecule has 37 heavy (non-hydrogen) atoms. The molecular weight excluding hydrogens is 489 g/mol. The summed E-state index contributed by atoms with van der Waals surface area (Å²) in [4.78, 5) is 12.8. The maximum Gasteiger partial charge on any atom is 0.431 e. The van der Waals surface area contributed by atoms with E-state index in [2.05, 4.69) is 16.1 Å². The normalized spacial score (nSPS) is 20.3. The fourth-order valence-electron chi connectivity index (χ4n) is 4.67. The van der Waals surface area contributed by atoms with E-state index < -0.39 is 23.8 Å². The molecule has 0 unspecified atom stereocenters. The molecule has 2 aliphatic heterocycles. The first-order valence-electron chi connectivity index (χ1n) is 11.8. The predicted octanol–water partition coefficient (Wildman–Crippen LogP) is 4.53. The number of ether oxygens (including phenoxy) is 3. The molecule has 2 aliphatic rings. The summed E-state index contributed by atoms with van der Waals surface area (Å²) in [5, 5.41) is 14.5. The van der Waals surface area contributed by atoms with Crippen molar-refractivity contribution in [2.24, 2.45) is 11.0 Å². The number of carbonyl (C=O) groups is 1. The van der Waals surface area contributed by atoms with E-state index in [1.54, 1.807) is 43.5 Å². The second kappa shape index (κ2) is 11.0. The number of methoxy groups -OCH3 is 1. The van der Waals surface area contributed by atoms with Gasteiger partial charge in [0, 0.05) is 37.9 Å². The van der Waals surface area contributed by atoms with Crippen LogP contribution in [0, 0.1) is 17.2 Å². The number of hydrogen-bond donors (Lipinski definition) is 0. The Morgan fingerprint density at radius 2 is 1.81 bits per heavy atom. The highest BCUT2D eigenvalue weighted by atomic mass is 19.4. The van der Waals surface area contributed by atoms with Gasteiger partial charge in [-0.1, -0.05) is 6.92 Å². The molecule has 0 aliphatic carbocycles. The summed E-state index contributed by atoms with van der Waals surface area (Å²) in [5.41, 5.74) is 0.945. The number of nitrogens with zero attached hydrogens (tertiary/aromatic N) is 4. The molecule has 2 atom stereocenters. The maximum atomic E-state index is 13.4. The van der Waals surface area contributed by atoms with Crippen LogP contribution in [0.1, 0.15) is 25.3 Å². The van der Waals surface area contributed by atoms with E-state index in [0.29, 0.717) is 35.8 Å². The zero-order valence-corrected chi connectivity index (χ0v) is 20.4. The van der Waals surface area contributed by atoms with Crippen molar-refractivity contribution < 1.29 is 32.2 Å². The fraction of sp³-hybridized carbons (Fsp3) is 0.423. The Kier molecular flexibility index (Phi) is 7.76. The fourth-order valence-corrected chi connectivity index (χ4v) is 4.67.